The van der Waals surface area contributed by atoms with Crippen LogP contribution < -0.4 is 5.59 Å². The van der Waals surface area contributed by atoms with Crippen LogP contribution in [0.4, 0.5) is 0 Å². The second-order valence-electron chi connectivity index (χ2n) is 6.16. The third kappa shape index (κ3) is 1.88. The molecule has 5 heteroatoms. The number of aryl methyl sites for hydroxylation is 1. The molecule has 0 saturated carbocycles. The zero-order valence-corrected chi connectivity index (χ0v) is 12.1. The van der Waals surface area contributed by atoms with E-state index in [2.05, 4.69) is 15.6 Å². The van der Waals surface area contributed by atoms with E-state index in [0.29, 0.717) is 0 Å². The van der Waals surface area contributed by atoms with E-state index in [4.69, 9.17) is 9.31 Å². The highest BCUT2D eigenvalue weighted by Crippen LogP contribution is 2.36. The minimum Gasteiger partial charge on any atom is -0.398 e. The molecule has 1 aliphatic heterocycles. The van der Waals surface area contributed by atoms with E-state index < -0.39 is 7.12 Å². The highest BCUT2D eigenvalue weighted by molar-refractivity contribution is 6.61. The molecule has 3 heterocycles. The first-order valence-electron chi connectivity index (χ1n) is 6.58. The lowest BCUT2D eigenvalue weighted by Crippen LogP contribution is -2.41. The number of fused-ring (bicyclic) bond motifs is 1. The van der Waals surface area contributed by atoms with Gasteiger partial charge in [0, 0.05) is 13.2 Å². The minimum atomic E-state index is -0.394. The molecule has 0 radical (unpaired) electrons. The topological polar surface area (TPSA) is 36.3 Å². The lowest BCUT2D eigenvalue weighted by atomic mass is 9.84. The molecule has 3 rings (SSSR count). The average Bonchev–Trinajstić information content (AvgIpc) is 2.78. The maximum atomic E-state index is 6.01. The highest BCUT2D eigenvalue weighted by Gasteiger charge is 2.52. The number of pyridine rings is 1. The van der Waals surface area contributed by atoms with Crippen LogP contribution in [0.5, 0.6) is 0 Å². The fourth-order valence-electron chi connectivity index (χ4n) is 2.26. The summed E-state index contributed by atoms with van der Waals surface area (Å²) in [4.78, 5) is 4.64. The molecular formula is C14H19BN2O2. The molecule has 0 amide bonds. The molecule has 0 spiro atoms. The van der Waals surface area contributed by atoms with Crippen LogP contribution in [0, 0.1) is 0 Å². The standard InChI is InChI=1S/C14H19BN2O2/c1-13(2)14(3,4)19-15(18-13)12-7-6-11-10(16-12)8-9-17(11)5/h6-9H,1-5H3. The largest absolute Gasteiger partial charge is 0.514 e. The Labute approximate surface area is 113 Å². The van der Waals surface area contributed by atoms with E-state index >= 15 is 0 Å². The molecule has 0 bridgehead atoms. The molecule has 0 unspecified atom stereocenters. The average molecular weight is 258 g/mol. The molecule has 1 fully saturated rings. The van der Waals surface area contributed by atoms with Gasteiger partial charge in [0.05, 0.1) is 27.8 Å². The van der Waals surface area contributed by atoms with E-state index in [1.807, 2.05) is 53.1 Å². The van der Waals surface area contributed by atoms with Crippen LogP contribution in [-0.2, 0) is 16.4 Å². The first-order valence-corrected chi connectivity index (χ1v) is 6.58. The van der Waals surface area contributed by atoms with Crippen LogP contribution in [0.25, 0.3) is 11.0 Å². The van der Waals surface area contributed by atoms with Gasteiger partial charge in [0.2, 0.25) is 0 Å². The number of aromatic nitrogens is 2. The van der Waals surface area contributed by atoms with Gasteiger partial charge >= 0.3 is 7.12 Å². The van der Waals surface area contributed by atoms with Crippen molar-refractivity contribution in [3.05, 3.63) is 24.4 Å². The van der Waals surface area contributed by atoms with Crippen molar-refractivity contribution < 1.29 is 9.31 Å². The van der Waals surface area contributed by atoms with Crippen LogP contribution in [0.2, 0.25) is 0 Å². The maximum absolute atomic E-state index is 6.01. The Hall–Kier alpha value is -1.33. The van der Waals surface area contributed by atoms with Gasteiger partial charge in [-0.1, -0.05) is 0 Å². The van der Waals surface area contributed by atoms with E-state index in [1.54, 1.807) is 0 Å². The summed E-state index contributed by atoms with van der Waals surface area (Å²) in [6.07, 6.45) is 2.01. The Balaban J connectivity index is 1.98. The lowest BCUT2D eigenvalue weighted by molar-refractivity contribution is 0.00578. The summed E-state index contributed by atoms with van der Waals surface area (Å²) in [5.41, 5.74) is 2.25. The Morgan fingerprint density at radius 1 is 1.05 bits per heavy atom. The molecule has 4 nitrogen and oxygen atoms in total. The van der Waals surface area contributed by atoms with Gasteiger partial charge in [-0.15, -0.1) is 0 Å². The fourth-order valence-corrected chi connectivity index (χ4v) is 2.26. The Morgan fingerprint density at radius 3 is 2.32 bits per heavy atom. The molecule has 0 aromatic carbocycles. The summed E-state index contributed by atoms with van der Waals surface area (Å²) in [6, 6.07) is 6.04. The SMILES string of the molecule is Cn1ccc2nc(B3OC(C)(C)C(C)(C)O3)ccc21. The zero-order valence-electron chi connectivity index (χ0n) is 12.1. The molecule has 1 saturated heterocycles. The number of hydrogen-bond donors (Lipinski definition) is 0. The van der Waals surface area contributed by atoms with Crippen molar-refractivity contribution in [2.24, 2.45) is 7.05 Å². The summed E-state index contributed by atoms with van der Waals surface area (Å²) in [6.45, 7) is 8.20. The van der Waals surface area contributed by atoms with Crippen LogP contribution in [0.3, 0.4) is 0 Å². The van der Waals surface area contributed by atoms with Crippen molar-refractivity contribution in [1.82, 2.24) is 9.55 Å². The van der Waals surface area contributed by atoms with Crippen molar-refractivity contribution in [3.8, 4) is 0 Å². The van der Waals surface area contributed by atoms with Crippen LogP contribution in [0.1, 0.15) is 27.7 Å². The van der Waals surface area contributed by atoms with E-state index in [0.717, 1.165) is 16.6 Å². The maximum Gasteiger partial charge on any atom is 0.514 e. The summed E-state index contributed by atoms with van der Waals surface area (Å²) < 4.78 is 14.1. The third-order valence-electron chi connectivity index (χ3n) is 4.25. The Kier molecular flexibility index (Phi) is 2.56. The number of rotatable bonds is 1. The van der Waals surface area contributed by atoms with Gasteiger partial charge in [-0.25, -0.2) is 0 Å². The smallest absolute Gasteiger partial charge is 0.398 e. The van der Waals surface area contributed by atoms with Gasteiger partial charge in [0.15, 0.2) is 0 Å². The molecule has 19 heavy (non-hydrogen) atoms. The number of nitrogens with zero attached hydrogens (tertiary/aromatic N) is 2. The molecule has 0 N–H and O–H groups in total. The second-order valence-corrected chi connectivity index (χ2v) is 6.16. The van der Waals surface area contributed by atoms with Crippen LogP contribution in [0.15, 0.2) is 24.4 Å². The van der Waals surface area contributed by atoms with Crippen molar-refractivity contribution in [2.45, 2.75) is 38.9 Å². The molecule has 100 valence electrons. The Morgan fingerprint density at radius 2 is 1.68 bits per heavy atom. The molecule has 1 aliphatic rings. The molecule has 2 aromatic heterocycles. The first-order chi connectivity index (χ1) is 8.80. The fraction of sp³-hybridized carbons (Fsp3) is 0.500. The quantitative estimate of drug-likeness (QED) is 0.733. The summed E-state index contributed by atoms with van der Waals surface area (Å²) in [5.74, 6) is 0. The van der Waals surface area contributed by atoms with Gasteiger partial charge in [0.1, 0.15) is 0 Å². The van der Waals surface area contributed by atoms with Crippen molar-refractivity contribution in [3.63, 3.8) is 0 Å². The van der Waals surface area contributed by atoms with Gasteiger partial charge in [-0.2, -0.15) is 0 Å². The van der Waals surface area contributed by atoms with Crippen LogP contribution in [-0.4, -0.2) is 27.9 Å². The summed E-state index contributed by atoms with van der Waals surface area (Å²) >= 11 is 0. The minimum absolute atomic E-state index is 0.328. The van der Waals surface area contributed by atoms with E-state index in [-0.39, 0.29) is 11.2 Å². The van der Waals surface area contributed by atoms with Crippen molar-refractivity contribution in [1.29, 1.82) is 0 Å². The van der Waals surface area contributed by atoms with E-state index in [9.17, 15) is 0 Å². The molecular weight excluding hydrogens is 239 g/mol. The van der Waals surface area contributed by atoms with Gasteiger partial charge < -0.3 is 13.9 Å². The van der Waals surface area contributed by atoms with Gasteiger partial charge in [0.25, 0.3) is 0 Å². The van der Waals surface area contributed by atoms with Gasteiger partial charge in [-0.05, 0) is 45.9 Å². The van der Waals surface area contributed by atoms with Crippen molar-refractivity contribution >= 4 is 23.7 Å². The first kappa shape index (κ1) is 12.7. The van der Waals surface area contributed by atoms with Crippen molar-refractivity contribution in [2.75, 3.05) is 0 Å². The zero-order chi connectivity index (χ0) is 13.8. The normalized spacial score (nSPS) is 21.2. The van der Waals surface area contributed by atoms with E-state index in [1.165, 1.54) is 0 Å². The molecule has 0 atom stereocenters. The van der Waals surface area contributed by atoms with Gasteiger partial charge in [-0.3, -0.25) is 4.98 Å². The summed E-state index contributed by atoms with van der Waals surface area (Å²) in [5, 5.41) is 0. The predicted molar refractivity (Wildman–Crippen MR) is 76.4 cm³/mol. The lowest BCUT2D eigenvalue weighted by Gasteiger charge is -2.32. The molecule has 2 aromatic rings. The monoisotopic (exact) mass is 258 g/mol. The Bertz CT molecular complexity index is 617. The summed E-state index contributed by atoms with van der Waals surface area (Å²) in [7, 11) is 1.62. The van der Waals surface area contributed by atoms with Crippen LogP contribution >= 0.6 is 0 Å². The predicted octanol–water partition coefficient (Wildman–Crippen LogP) is 1.87. The number of hydrogen-bond acceptors (Lipinski definition) is 3. The molecule has 0 aliphatic carbocycles. The second kappa shape index (κ2) is 3.84. The highest BCUT2D eigenvalue weighted by atomic mass is 16.7. The third-order valence-corrected chi connectivity index (χ3v) is 4.25.